The number of carboxylic acid groups (broad SMARTS) is 1. The van der Waals surface area contributed by atoms with E-state index in [1.54, 1.807) is 18.2 Å². The van der Waals surface area contributed by atoms with E-state index in [9.17, 15) is 14.4 Å². The van der Waals surface area contributed by atoms with Crippen LogP contribution in [0.15, 0.2) is 39.7 Å². The Morgan fingerprint density at radius 3 is 2.83 bits per heavy atom. The van der Waals surface area contributed by atoms with Crippen LogP contribution in [-0.4, -0.2) is 52.7 Å². The number of nitrogens with zero attached hydrogens (tertiary/aromatic N) is 1. The maximum atomic E-state index is 12.5. The number of aromatic amines is 1. The Morgan fingerprint density at radius 1 is 1.33 bits per heavy atom. The van der Waals surface area contributed by atoms with Gasteiger partial charge < -0.3 is 24.1 Å². The minimum absolute atomic E-state index is 0.00119. The van der Waals surface area contributed by atoms with Gasteiger partial charge in [-0.2, -0.15) is 0 Å². The number of hydrogen-bond donors (Lipinski definition) is 2. The van der Waals surface area contributed by atoms with Crippen molar-refractivity contribution in [3.05, 3.63) is 46.4 Å². The van der Waals surface area contributed by atoms with Crippen LogP contribution in [0.5, 0.6) is 0 Å². The van der Waals surface area contributed by atoms with E-state index in [2.05, 4.69) is 4.98 Å². The maximum absolute atomic E-state index is 12.5. The van der Waals surface area contributed by atoms with Gasteiger partial charge in [0.1, 0.15) is 11.3 Å². The zero-order chi connectivity index (χ0) is 17.1. The summed E-state index contributed by atoms with van der Waals surface area (Å²) in [6.45, 7) is 0.699. The molecule has 24 heavy (non-hydrogen) atoms. The van der Waals surface area contributed by atoms with Gasteiger partial charge in [-0.15, -0.1) is 0 Å². The molecule has 0 saturated carbocycles. The smallest absolute Gasteiger partial charge is 0.306 e. The van der Waals surface area contributed by atoms with Crippen molar-refractivity contribution >= 4 is 11.9 Å². The van der Waals surface area contributed by atoms with E-state index in [4.69, 9.17) is 14.3 Å². The third kappa shape index (κ3) is 3.38. The average molecular weight is 332 g/mol. The number of rotatable bonds is 4. The number of carbonyl (C=O) groups is 2. The van der Waals surface area contributed by atoms with Gasteiger partial charge in [-0.05, 0) is 24.3 Å². The Hall–Kier alpha value is -2.87. The van der Waals surface area contributed by atoms with Crippen molar-refractivity contribution in [1.29, 1.82) is 0 Å². The van der Waals surface area contributed by atoms with Gasteiger partial charge in [-0.3, -0.25) is 14.4 Å². The predicted molar refractivity (Wildman–Crippen MR) is 82.7 cm³/mol. The second-order valence-electron chi connectivity index (χ2n) is 5.43. The Kier molecular flexibility index (Phi) is 4.48. The highest BCUT2D eigenvalue weighted by molar-refractivity contribution is 5.94. The lowest BCUT2D eigenvalue weighted by Gasteiger charge is -2.32. The molecule has 0 aromatic carbocycles. The highest BCUT2D eigenvalue weighted by atomic mass is 16.5. The molecule has 3 rings (SSSR count). The third-order valence-corrected chi connectivity index (χ3v) is 3.75. The molecule has 8 heteroatoms. The molecule has 0 bridgehead atoms. The van der Waals surface area contributed by atoms with E-state index < -0.39 is 23.5 Å². The Morgan fingerprint density at radius 2 is 2.17 bits per heavy atom. The van der Waals surface area contributed by atoms with Crippen LogP contribution < -0.4 is 5.56 Å². The van der Waals surface area contributed by atoms with Gasteiger partial charge in [-0.1, -0.05) is 0 Å². The minimum Gasteiger partial charge on any atom is -0.481 e. The number of nitrogens with one attached hydrogen (secondary N) is 1. The largest absolute Gasteiger partial charge is 0.481 e. The number of aliphatic carboxylic acids is 1. The summed E-state index contributed by atoms with van der Waals surface area (Å²) in [7, 11) is 0. The lowest BCUT2D eigenvalue weighted by atomic mass is 10.1. The molecule has 0 spiro atoms. The van der Waals surface area contributed by atoms with Gasteiger partial charge in [0, 0.05) is 13.1 Å². The number of aromatic nitrogens is 1. The molecule has 1 aliphatic rings. The van der Waals surface area contributed by atoms with Gasteiger partial charge in [0.15, 0.2) is 0 Å². The van der Waals surface area contributed by atoms with Crippen LogP contribution in [0, 0.1) is 0 Å². The maximum Gasteiger partial charge on any atom is 0.306 e. The number of carbonyl (C=O) groups excluding carboxylic acids is 1. The molecule has 8 nitrogen and oxygen atoms in total. The molecule has 0 aliphatic carbocycles. The molecule has 2 N–H and O–H groups in total. The second kappa shape index (κ2) is 6.71. The van der Waals surface area contributed by atoms with Crippen molar-refractivity contribution < 1.29 is 23.8 Å². The minimum atomic E-state index is -0.991. The summed E-state index contributed by atoms with van der Waals surface area (Å²) in [6, 6.07) is 6.44. The Bertz CT molecular complexity index is 795. The lowest BCUT2D eigenvalue weighted by Crippen LogP contribution is -2.47. The molecule has 2 aromatic rings. The third-order valence-electron chi connectivity index (χ3n) is 3.75. The van der Waals surface area contributed by atoms with E-state index in [0.29, 0.717) is 18.0 Å². The van der Waals surface area contributed by atoms with Crippen LogP contribution in [0.4, 0.5) is 0 Å². The van der Waals surface area contributed by atoms with Gasteiger partial charge in [0.05, 0.1) is 31.1 Å². The molecule has 1 aliphatic heterocycles. The molecule has 1 saturated heterocycles. The van der Waals surface area contributed by atoms with Crippen molar-refractivity contribution in [1.82, 2.24) is 9.88 Å². The van der Waals surface area contributed by atoms with Crippen LogP contribution in [0.2, 0.25) is 0 Å². The molecule has 126 valence electrons. The van der Waals surface area contributed by atoms with Crippen molar-refractivity contribution in [3.63, 3.8) is 0 Å². The van der Waals surface area contributed by atoms with Gasteiger partial charge in [0.25, 0.3) is 11.5 Å². The highest BCUT2D eigenvalue weighted by Gasteiger charge is 2.27. The Balaban J connectivity index is 1.77. The number of H-pyrrole nitrogens is 1. The van der Waals surface area contributed by atoms with Gasteiger partial charge >= 0.3 is 5.97 Å². The van der Waals surface area contributed by atoms with Crippen molar-refractivity contribution in [2.75, 3.05) is 19.7 Å². The Labute approximate surface area is 136 Å². The van der Waals surface area contributed by atoms with E-state index in [-0.39, 0.29) is 25.1 Å². The summed E-state index contributed by atoms with van der Waals surface area (Å²) in [5.41, 5.74) is -0.0382. The van der Waals surface area contributed by atoms with E-state index in [1.807, 2.05) is 0 Å². The first kappa shape index (κ1) is 16.0. The normalized spacial score (nSPS) is 17.7. The number of pyridine rings is 1. The first-order chi connectivity index (χ1) is 11.5. The van der Waals surface area contributed by atoms with Crippen molar-refractivity contribution in [2.24, 2.45) is 0 Å². The molecule has 1 amide bonds. The van der Waals surface area contributed by atoms with Crippen LogP contribution >= 0.6 is 0 Å². The number of hydrogen-bond acceptors (Lipinski definition) is 5. The monoisotopic (exact) mass is 332 g/mol. The van der Waals surface area contributed by atoms with Crippen LogP contribution in [-0.2, 0) is 9.53 Å². The number of carboxylic acids is 1. The first-order valence-corrected chi connectivity index (χ1v) is 7.44. The predicted octanol–water partition coefficient (Wildman–Crippen LogP) is 0.951. The zero-order valence-electron chi connectivity index (χ0n) is 12.7. The van der Waals surface area contributed by atoms with Gasteiger partial charge in [0.2, 0.25) is 0 Å². The van der Waals surface area contributed by atoms with E-state index in [0.717, 1.165) is 0 Å². The van der Waals surface area contributed by atoms with E-state index in [1.165, 1.54) is 17.2 Å². The fourth-order valence-corrected chi connectivity index (χ4v) is 2.61. The fourth-order valence-electron chi connectivity index (χ4n) is 2.61. The quantitative estimate of drug-likeness (QED) is 0.862. The highest BCUT2D eigenvalue weighted by Crippen LogP contribution is 2.17. The zero-order valence-corrected chi connectivity index (χ0v) is 12.7. The summed E-state index contributed by atoms with van der Waals surface area (Å²) in [6.07, 6.45) is 0.738. The molecule has 1 atom stereocenters. The summed E-state index contributed by atoms with van der Waals surface area (Å²) in [5, 5.41) is 8.83. The number of ether oxygens (including phenoxy) is 1. The van der Waals surface area contributed by atoms with Crippen molar-refractivity contribution in [2.45, 2.75) is 12.5 Å². The van der Waals surface area contributed by atoms with E-state index >= 15 is 0 Å². The number of furan rings is 1. The number of amides is 1. The topological polar surface area (TPSA) is 113 Å². The molecule has 2 aromatic heterocycles. The fraction of sp³-hybridized carbons (Fsp3) is 0.312. The molecular weight excluding hydrogens is 316 g/mol. The summed E-state index contributed by atoms with van der Waals surface area (Å²) in [5.74, 6) is -0.935. The lowest BCUT2D eigenvalue weighted by molar-refractivity contribution is -0.141. The summed E-state index contributed by atoms with van der Waals surface area (Å²) < 4.78 is 10.5. The second-order valence-corrected chi connectivity index (χ2v) is 5.43. The van der Waals surface area contributed by atoms with Crippen molar-refractivity contribution in [3.8, 4) is 11.5 Å². The molecule has 1 fully saturated rings. The van der Waals surface area contributed by atoms with Crippen LogP contribution in [0.1, 0.15) is 16.8 Å². The summed E-state index contributed by atoms with van der Waals surface area (Å²) >= 11 is 0. The number of morpholine rings is 1. The molecule has 1 unspecified atom stereocenters. The molecule has 3 heterocycles. The standard InChI is InChI=1S/C16H16N2O6/c19-14(20)8-10-9-18(5-7-23-10)16(22)11-3-4-12(17-15(11)21)13-2-1-6-24-13/h1-4,6,10H,5,7-9H2,(H,17,21)(H,19,20). The SMILES string of the molecule is O=C(O)CC1CN(C(=O)c2ccc(-c3ccco3)[nH]c2=O)CCO1. The molecular formula is C16H16N2O6. The molecule has 0 radical (unpaired) electrons. The first-order valence-electron chi connectivity index (χ1n) is 7.44. The van der Waals surface area contributed by atoms with Crippen LogP contribution in [0.25, 0.3) is 11.5 Å². The van der Waals surface area contributed by atoms with Gasteiger partial charge in [-0.25, -0.2) is 0 Å². The average Bonchev–Trinajstić information content (AvgIpc) is 3.08. The van der Waals surface area contributed by atoms with Crippen LogP contribution in [0.3, 0.4) is 0 Å². The summed E-state index contributed by atoms with van der Waals surface area (Å²) in [4.78, 5) is 39.6.